The van der Waals surface area contributed by atoms with Gasteiger partial charge in [-0.25, -0.2) is 4.98 Å². The minimum Gasteiger partial charge on any atom is -0.486 e. The number of benzene rings is 4. The van der Waals surface area contributed by atoms with Crippen LogP contribution >= 0.6 is 0 Å². The van der Waals surface area contributed by atoms with Gasteiger partial charge in [0.2, 0.25) is 5.71 Å². The van der Waals surface area contributed by atoms with Crippen LogP contribution in [-0.4, -0.2) is 24.5 Å². The van der Waals surface area contributed by atoms with Gasteiger partial charge < -0.3 is 14.0 Å². The number of hydrogen-bond donors (Lipinski definition) is 0. The molecular formula is C40H27IrN5O-2. The van der Waals surface area contributed by atoms with E-state index < -0.39 is 0 Å². The molecule has 9 aromatic rings. The topological polar surface area (TPSA) is 69.6 Å². The largest absolute Gasteiger partial charge is 0.486 e. The Labute approximate surface area is 285 Å². The molecule has 0 bridgehead atoms. The Hall–Kier alpha value is -5.49. The van der Waals surface area contributed by atoms with Gasteiger partial charge in [0.25, 0.3) is 0 Å². The van der Waals surface area contributed by atoms with Crippen LogP contribution in [0.5, 0.6) is 0 Å². The molecular weight excluding hydrogens is 759 g/mol. The monoisotopic (exact) mass is 786 g/mol. The summed E-state index contributed by atoms with van der Waals surface area (Å²) in [5, 5.41) is 3.05. The van der Waals surface area contributed by atoms with Crippen molar-refractivity contribution in [1.82, 2.24) is 24.5 Å². The van der Waals surface area contributed by atoms with Gasteiger partial charge in [-0.1, -0.05) is 59.5 Å². The van der Waals surface area contributed by atoms with Crippen molar-refractivity contribution in [2.24, 2.45) is 0 Å². The molecule has 0 saturated heterocycles. The normalized spacial score (nSPS) is 11.0. The molecule has 7 heteroatoms. The average molecular weight is 786 g/mol. The van der Waals surface area contributed by atoms with E-state index in [2.05, 4.69) is 50.9 Å². The molecule has 0 aliphatic carbocycles. The third-order valence-corrected chi connectivity index (χ3v) is 7.99. The molecule has 0 aliphatic heterocycles. The number of hydrogen-bond acceptors (Lipinski definition) is 5. The maximum absolute atomic E-state index is 6.31. The molecule has 0 amide bonds. The molecule has 0 spiro atoms. The van der Waals surface area contributed by atoms with Gasteiger partial charge in [-0.3, -0.25) is 9.97 Å². The number of para-hydroxylation sites is 2. The molecule has 0 atom stereocenters. The number of pyridine rings is 3. The number of nitrogens with zero attached hydrogens (tertiary/aromatic N) is 5. The summed E-state index contributed by atoms with van der Waals surface area (Å²) in [5.74, 6) is 0.767. The van der Waals surface area contributed by atoms with Crippen molar-refractivity contribution >= 4 is 44.0 Å². The number of fused-ring (bicyclic) bond motifs is 6. The Morgan fingerprint density at radius 3 is 2.28 bits per heavy atom. The van der Waals surface area contributed by atoms with E-state index in [1.165, 1.54) is 0 Å². The summed E-state index contributed by atoms with van der Waals surface area (Å²) < 4.78 is 8.51. The number of imidazole rings is 1. The summed E-state index contributed by atoms with van der Waals surface area (Å²) in [6, 6.07) is 46.8. The second kappa shape index (κ2) is 12.7. The van der Waals surface area contributed by atoms with E-state index in [-0.39, 0.29) is 20.1 Å². The first kappa shape index (κ1) is 30.2. The third kappa shape index (κ3) is 5.50. The summed E-state index contributed by atoms with van der Waals surface area (Å²) in [6.45, 7) is 3.98. The van der Waals surface area contributed by atoms with Crippen LogP contribution in [0.25, 0.3) is 72.3 Å². The average Bonchev–Trinajstić information content (AvgIpc) is 3.69. The van der Waals surface area contributed by atoms with Gasteiger partial charge in [-0.15, -0.1) is 54.1 Å². The van der Waals surface area contributed by atoms with Crippen LogP contribution in [0.1, 0.15) is 11.4 Å². The van der Waals surface area contributed by atoms with Crippen LogP contribution in [0.2, 0.25) is 0 Å². The van der Waals surface area contributed by atoms with Gasteiger partial charge in [-0.05, 0) is 55.9 Å². The van der Waals surface area contributed by atoms with Gasteiger partial charge in [0, 0.05) is 48.5 Å². The quantitative estimate of drug-likeness (QED) is 0.167. The van der Waals surface area contributed by atoms with Crippen molar-refractivity contribution < 1.29 is 24.5 Å². The van der Waals surface area contributed by atoms with Crippen LogP contribution in [0.3, 0.4) is 0 Å². The summed E-state index contributed by atoms with van der Waals surface area (Å²) in [6.07, 6.45) is 1.79. The van der Waals surface area contributed by atoms with Crippen LogP contribution in [0, 0.1) is 26.0 Å². The van der Waals surface area contributed by atoms with Crippen molar-refractivity contribution in [1.29, 1.82) is 0 Å². The maximum atomic E-state index is 6.31. The Kier molecular flexibility index (Phi) is 8.17. The second-order valence-corrected chi connectivity index (χ2v) is 11.0. The smallest absolute Gasteiger partial charge is 0.216 e. The van der Waals surface area contributed by atoms with Crippen molar-refractivity contribution in [3.05, 3.63) is 151 Å². The molecule has 5 heterocycles. The molecule has 0 N–H and O–H groups in total. The van der Waals surface area contributed by atoms with Gasteiger partial charge in [0.15, 0.2) is 0 Å². The Morgan fingerprint density at radius 1 is 0.660 bits per heavy atom. The fraction of sp³-hybridized carbons (Fsp3) is 0.0500. The molecule has 47 heavy (non-hydrogen) atoms. The van der Waals surface area contributed by atoms with Gasteiger partial charge in [-0.2, -0.15) is 0 Å². The Balaban J connectivity index is 0.000000228. The van der Waals surface area contributed by atoms with Gasteiger partial charge in [0.1, 0.15) is 0 Å². The first-order chi connectivity index (χ1) is 22.7. The van der Waals surface area contributed by atoms with Crippen molar-refractivity contribution in [3.63, 3.8) is 0 Å². The zero-order valence-electron chi connectivity index (χ0n) is 25.6. The fourth-order valence-electron chi connectivity index (χ4n) is 5.88. The summed E-state index contributed by atoms with van der Waals surface area (Å²) in [7, 11) is 0. The molecule has 5 aromatic heterocycles. The number of rotatable bonds is 3. The molecule has 9 rings (SSSR count). The number of furan rings is 1. The summed E-state index contributed by atoms with van der Waals surface area (Å²) in [5.41, 5.74) is 9.84. The number of aryl methyl sites for hydroxylation is 2. The molecule has 4 aromatic carbocycles. The van der Waals surface area contributed by atoms with Crippen LogP contribution in [0.15, 0.2) is 132 Å². The van der Waals surface area contributed by atoms with E-state index in [0.29, 0.717) is 5.71 Å². The van der Waals surface area contributed by atoms with E-state index in [4.69, 9.17) is 14.4 Å². The minimum atomic E-state index is 0. The van der Waals surface area contributed by atoms with Gasteiger partial charge in [0.05, 0.1) is 33.7 Å². The zero-order chi connectivity index (χ0) is 31.0. The molecule has 1 radical (unpaired) electrons. The van der Waals surface area contributed by atoms with Gasteiger partial charge >= 0.3 is 0 Å². The van der Waals surface area contributed by atoms with Crippen molar-refractivity contribution in [2.45, 2.75) is 13.8 Å². The number of aromatic nitrogens is 5. The second-order valence-electron chi connectivity index (χ2n) is 11.0. The first-order valence-corrected chi connectivity index (χ1v) is 15.1. The Bertz CT molecular complexity index is 2450. The van der Waals surface area contributed by atoms with Crippen molar-refractivity contribution in [2.75, 3.05) is 0 Å². The van der Waals surface area contributed by atoms with E-state index in [1.807, 2.05) is 111 Å². The predicted octanol–water partition coefficient (Wildman–Crippen LogP) is 9.50. The standard InChI is InChI=1S/C29H19N4O.C11H8N.Ir/c1-17-15-16-21-20-12-8-13-23(27(20)34-29(21)30-17)28-32-25-18(2)31-24-14-7-6-11-22(24)26(25)33(28)19-9-4-3-5-10-19;1-2-6-10(7-3-1)11-8-4-5-9-12-11;/h3-12,14-16H,1-2H3;1-6,8-9H;/q2*-1;. The molecule has 6 nitrogen and oxygen atoms in total. The van der Waals surface area contributed by atoms with E-state index in [9.17, 15) is 0 Å². The van der Waals surface area contributed by atoms with E-state index in [0.717, 1.165) is 78.0 Å². The van der Waals surface area contributed by atoms with E-state index >= 15 is 0 Å². The maximum Gasteiger partial charge on any atom is 0.216 e. The molecule has 229 valence electrons. The zero-order valence-corrected chi connectivity index (χ0v) is 28.0. The van der Waals surface area contributed by atoms with Crippen LogP contribution < -0.4 is 0 Å². The summed E-state index contributed by atoms with van der Waals surface area (Å²) >= 11 is 0. The van der Waals surface area contributed by atoms with Crippen molar-refractivity contribution in [3.8, 4) is 28.3 Å². The molecule has 0 fully saturated rings. The first-order valence-electron chi connectivity index (χ1n) is 15.1. The molecule has 0 aliphatic rings. The van der Waals surface area contributed by atoms with Crippen LogP contribution in [-0.2, 0) is 20.1 Å². The predicted molar refractivity (Wildman–Crippen MR) is 184 cm³/mol. The Morgan fingerprint density at radius 2 is 1.47 bits per heavy atom. The fourth-order valence-corrected chi connectivity index (χ4v) is 5.88. The molecule has 0 unspecified atom stereocenters. The van der Waals surface area contributed by atoms with E-state index in [1.54, 1.807) is 6.20 Å². The minimum absolute atomic E-state index is 0. The summed E-state index contributed by atoms with van der Waals surface area (Å²) in [4.78, 5) is 18.8. The SMILES string of the molecule is Cc1ccc2c(n1)oc1c(-c3nc4c(C)nc5ccccc5c4n3-c3ccccc3)[c-]ccc12.[Ir].[c-]1ccccc1-c1ccccn1. The third-order valence-electron chi connectivity index (χ3n) is 7.99. The molecule has 0 saturated carbocycles. The van der Waals surface area contributed by atoms with Crippen LogP contribution in [0.4, 0.5) is 0 Å².